The van der Waals surface area contributed by atoms with Crippen molar-refractivity contribution in [1.29, 1.82) is 0 Å². The third-order valence-electron chi connectivity index (χ3n) is 0.645. The first kappa shape index (κ1) is 9.18. The van der Waals surface area contributed by atoms with Gasteiger partial charge in [0.15, 0.2) is 5.44 Å². The van der Waals surface area contributed by atoms with Crippen LogP contribution in [0.3, 0.4) is 0 Å². The zero-order valence-electron chi connectivity index (χ0n) is 4.75. The molecule has 0 radical (unpaired) electrons. The zero-order valence-corrected chi connectivity index (χ0v) is 5.56. The van der Waals surface area contributed by atoms with Gasteiger partial charge < -0.3 is 5.11 Å². The smallest absolute Gasteiger partial charge is 0.292 e. The van der Waals surface area contributed by atoms with Crippen molar-refractivity contribution in [3.8, 4) is 0 Å². The Balaban J connectivity index is 4.12. The number of hydrogen-bond acceptors (Lipinski definition) is 4. The van der Waals surface area contributed by atoms with Gasteiger partial charge in [0, 0.05) is 4.91 Å². The van der Waals surface area contributed by atoms with Gasteiger partial charge in [-0.2, -0.15) is 8.42 Å². The van der Waals surface area contributed by atoms with Crippen LogP contribution in [0, 0.1) is 0 Å². The number of nitrogens with zero attached hydrogens (tertiary/aromatic N) is 3. The van der Waals surface area contributed by atoms with Gasteiger partial charge >= 0.3 is 0 Å². The first-order chi connectivity index (χ1) is 4.48. The molecule has 0 rings (SSSR count). The molecule has 0 aromatic heterocycles. The van der Waals surface area contributed by atoms with Crippen LogP contribution in [0.1, 0.15) is 0 Å². The number of rotatable bonds is 3. The Morgan fingerprint density at radius 3 is 2.50 bits per heavy atom. The SMILES string of the molecule is [N-]=[N+]=NCC(O)S(=O)(=O)O. The van der Waals surface area contributed by atoms with Crippen molar-refractivity contribution in [3.63, 3.8) is 0 Å². The molecule has 0 aliphatic rings. The summed E-state index contributed by atoms with van der Waals surface area (Å²) in [6.45, 7) is -0.685. The second-order valence-electron chi connectivity index (χ2n) is 1.38. The largest absolute Gasteiger partial charge is 0.375 e. The molecule has 0 amide bonds. The number of aliphatic hydroxyl groups excluding tert-OH is 1. The predicted octanol–water partition coefficient (Wildman–Crippen LogP) is -0.497. The van der Waals surface area contributed by atoms with Gasteiger partial charge in [-0.15, -0.1) is 0 Å². The van der Waals surface area contributed by atoms with Crippen molar-refractivity contribution in [2.24, 2.45) is 5.11 Å². The topological polar surface area (TPSA) is 123 Å². The van der Waals surface area contributed by atoms with Crippen molar-refractivity contribution >= 4 is 10.1 Å². The molecule has 0 fully saturated rings. The van der Waals surface area contributed by atoms with E-state index in [2.05, 4.69) is 10.0 Å². The minimum Gasteiger partial charge on any atom is -0.375 e. The van der Waals surface area contributed by atoms with E-state index in [1.165, 1.54) is 0 Å². The third kappa shape index (κ3) is 3.25. The van der Waals surface area contributed by atoms with Gasteiger partial charge in [0.1, 0.15) is 0 Å². The Morgan fingerprint density at radius 2 is 2.20 bits per heavy atom. The van der Waals surface area contributed by atoms with Crippen molar-refractivity contribution in [2.45, 2.75) is 5.44 Å². The molecule has 0 saturated carbocycles. The van der Waals surface area contributed by atoms with Crippen molar-refractivity contribution in [3.05, 3.63) is 10.4 Å². The summed E-state index contributed by atoms with van der Waals surface area (Å²) in [6, 6.07) is 0. The third-order valence-corrected chi connectivity index (χ3v) is 1.48. The summed E-state index contributed by atoms with van der Waals surface area (Å²) >= 11 is 0. The Bertz CT molecular complexity index is 239. The molecule has 0 aromatic carbocycles. The molecule has 8 heteroatoms. The van der Waals surface area contributed by atoms with Crippen molar-refractivity contribution in [1.82, 2.24) is 0 Å². The van der Waals surface area contributed by atoms with E-state index in [1.54, 1.807) is 0 Å². The van der Waals surface area contributed by atoms with E-state index in [1.807, 2.05) is 0 Å². The van der Waals surface area contributed by atoms with E-state index in [-0.39, 0.29) is 0 Å². The summed E-state index contributed by atoms with van der Waals surface area (Å²) in [6.07, 6.45) is 0. The summed E-state index contributed by atoms with van der Waals surface area (Å²) < 4.78 is 28.0. The molecule has 58 valence electrons. The maximum Gasteiger partial charge on any atom is 0.292 e. The predicted molar refractivity (Wildman–Crippen MR) is 31.6 cm³/mol. The molecule has 0 bridgehead atoms. The van der Waals surface area contributed by atoms with E-state index in [0.29, 0.717) is 0 Å². The Kier molecular flexibility index (Phi) is 3.10. The summed E-state index contributed by atoms with van der Waals surface area (Å²) in [7, 11) is -4.48. The molecule has 7 nitrogen and oxygen atoms in total. The highest BCUT2D eigenvalue weighted by atomic mass is 32.2. The summed E-state index contributed by atoms with van der Waals surface area (Å²) in [5.74, 6) is 0. The highest BCUT2D eigenvalue weighted by Gasteiger charge is 2.17. The number of azide groups is 1. The van der Waals surface area contributed by atoms with Crippen LogP contribution in [0.15, 0.2) is 5.11 Å². The Labute approximate surface area is 56.7 Å². The second-order valence-corrected chi connectivity index (χ2v) is 2.96. The van der Waals surface area contributed by atoms with Crippen LogP contribution in [0.5, 0.6) is 0 Å². The monoisotopic (exact) mass is 167 g/mol. The normalized spacial score (nSPS) is 13.8. The molecule has 2 N–H and O–H groups in total. The Morgan fingerprint density at radius 1 is 1.70 bits per heavy atom. The standard InChI is InChI=1S/C2H5N3O4S/c3-5-4-1-2(6)10(7,8)9/h2,6H,1H2,(H,7,8,9). The molecule has 0 saturated heterocycles. The maximum atomic E-state index is 9.96. The molecule has 0 aliphatic heterocycles. The quantitative estimate of drug-likeness (QED) is 0.254. The minimum absolute atomic E-state index is 0.685. The van der Waals surface area contributed by atoms with E-state index < -0.39 is 22.1 Å². The molecule has 1 atom stereocenters. The van der Waals surface area contributed by atoms with Crippen molar-refractivity contribution in [2.75, 3.05) is 6.54 Å². The minimum atomic E-state index is -4.48. The molecular weight excluding hydrogens is 162 g/mol. The summed E-state index contributed by atoms with van der Waals surface area (Å²) in [5, 5.41) is 11.1. The van der Waals surface area contributed by atoms with E-state index in [0.717, 1.165) is 0 Å². The van der Waals surface area contributed by atoms with Crippen LogP contribution in [-0.2, 0) is 10.1 Å². The van der Waals surface area contributed by atoms with Gasteiger partial charge in [0.25, 0.3) is 10.1 Å². The van der Waals surface area contributed by atoms with Crippen LogP contribution in [-0.4, -0.2) is 30.1 Å². The van der Waals surface area contributed by atoms with Crippen LogP contribution < -0.4 is 0 Å². The average molecular weight is 167 g/mol. The maximum absolute atomic E-state index is 9.96. The fraction of sp³-hybridized carbons (Fsp3) is 1.00. The first-order valence-corrected chi connectivity index (χ1v) is 3.64. The van der Waals surface area contributed by atoms with E-state index in [4.69, 9.17) is 15.2 Å². The molecule has 0 heterocycles. The first-order valence-electron chi connectivity index (χ1n) is 2.13. The lowest BCUT2D eigenvalue weighted by Crippen LogP contribution is -2.22. The molecule has 0 aliphatic carbocycles. The van der Waals surface area contributed by atoms with Gasteiger partial charge in [-0.25, -0.2) is 0 Å². The highest BCUT2D eigenvalue weighted by molar-refractivity contribution is 7.86. The van der Waals surface area contributed by atoms with Gasteiger partial charge in [-0.05, 0) is 5.53 Å². The molecule has 1 unspecified atom stereocenters. The van der Waals surface area contributed by atoms with Gasteiger partial charge in [-0.1, -0.05) is 5.11 Å². The van der Waals surface area contributed by atoms with Gasteiger partial charge in [-0.3, -0.25) is 4.55 Å². The highest BCUT2D eigenvalue weighted by Crippen LogP contribution is 1.93. The average Bonchev–Trinajstić information content (AvgIpc) is 1.80. The van der Waals surface area contributed by atoms with Gasteiger partial charge in [0.05, 0.1) is 6.54 Å². The van der Waals surface area contributed by atoms with Crippen LogP contribution >= 0.6 is 0 Å². The van der Waals surface area contributed by atoms with Gasteiger partial charge in [0.2, 0.25) is 0 Å². The molecule has 0 spiro atoms. The van der Waals surface area contributed by atoms with Crippen molar-refractivity contribution < 1.29 is 18.1 Å². The Hall–Kier alpha value is -0.820. The molecule has 0 aromatic rings. The van der Waals surface area contributed by atoms with E-state index in [9.17, 15) is 8.42 Å². The lowest BCUT2D eigenvalue weighted by molar-refractivity contribution is 0.240. The zero-order chi connectivity index (χ0) is 8.20. The van der Waals surface area contributed by atoms with Crippen LogP contribution in [0.25, 0.3) is 10.4 Å². The van der Waals surface area contributed by atoms with E-state index >= 15 is 0 Å². The fourth-order valence-electron chi connectivity index (χ4n) is 0.201. The van der Waals surface area contributed by atoms with Crippen LogP contribution in [0.4, 0.5) is 0 Å². The fourth-order valence-corrected chi connectivity index (χ4v) is 0.456. The van der Waals surface area contributed by atoms with Crippen LogP contribution in [0.2, 0.25) is 0 Å². The molecular formula is C2H5N3O4S. The lowest BCUT2D eigenvalue weighted by atomic mass is 10.7. The second kappa shape index (κ2) is 3.37. The molecule has 10 heavy (non-hydrogen) atoms. The summed E-state index contributed by atoms with van der Waals surface area (Å²) in [5.41, 5.74) is 5.63. The summed E-state index contributed by atoms with van der Waals surface area (Å²) in [4.78, 5) is 2.18. The number of aliphatic hydroxyl groups is 1. The number of hydrogen-bond donors (Lipinski definition) is 2. The lowest BCUT2D eigenvalue weighted by Gasteiger charge is -1.99.